The number of carbonyl (C=O) groups excluding carboxylic acids is 1. The highest BCUT2D eigenvalue weighted by Crippen LogP contribution is 2.23. The van der Waals surface area contributed by atoms with Gasteiger partial charge in [0.15, 0.2) is 5.78 Å². The fraction of sp³-hybridized carbons (Fsp3) is 0.353. The van der Waals surface area contributed by atoms with Crippen molar-refractivity contribution in [1.82, 2.24) is 9.97 Å². The molecule has 0 aliphatic carbocycles. The number of nitrogens with zero attached hydrogens (tertiary/aromatic N) is 2. The summed E-state index contributed by atoms with van der Waals surface area (Å²) in [5.74, 6) is 6.24. The number of pyridine rings is 1. The maximum absolute atomic E-state index is 12.1. The molecule has 2 aromatic rings. The van der Waals surface area contributed by atoms with Crippen LogP contribution in [0.1, 0.15) is 44.1 Å². The van der Waals surface area contributed by atoms with Gasteiger partial charge in [0, 0.05) is 41.6 Å². The number of carbonyl (C=O) groups is 1. The van der Waals surface area contributed by atoms with Gasteiger partial charge in [-0.3, -0.25) is 9.78 Å². The molecule has 0 saturated heterocycles. The maximum atomic E-state index is 12.1. The Morgan fingerprint density at radius 3 is 2.67 bits per heavy atom. The van der Waals surface area contributed by atoms with Crippen molar-refractivity contribution < 1.29 is 4.79 Å². The van der Waals surface area contributed by atoms with Crippen LogP contribution < -0.4 is 0 Å². The molecule has 0 saturated carbocycles. The third-order valence-electron chi connectivity index (χ3n) is 2.66. The van der Waals surface area contributed by atoms with Crippen LogP contribution in [0.5, 0.6) is 0 Å². The molecule has 0 spiro atoms. The molecule has 2 aromatic heterocycles. The number of hydrogen-bond acceptors (Lipinski definition) is 4. The zero-order chi connectivity index (χ0) is 15.3. The van der Waals surface area contributed by atoms with E-state index in [1.54, 1.807) is 12.4 Å². The van der Waals surface area contributed by atoms with E-state index in [2.05, 4.69) is 42.6 Å². The average Bonchev–Trinajstić information content (AvgIpc) is 2.93. The summed E-state index contributed by atoms with van der Waals surface area (Å²) < 4.78 is 0. The summed E-state index contributed by atoms with van der Waals surface area (Å²) in [6.45, 7) is 6.18. The SMILES string of the molecule is CC(C)(C)C#CCCC(=O)c1csc(-c2ccncc2)n1. The van der Waals surface area contributed by atoms with Crippen molar-refractivity contribution in [3.63, 3.8) is 0 Å². The predicted molar refractivity (Wildman–Crippen MR) is 86.1 cm³/mol. The van der Waals surface area contributed by atoms with E-state index >= 15 is 0 Å². The normalized spacial score (nSPS) is 10.8. The third-order valence-corrected chi connectivity index (χ3v) is 3.55. The largest absolute Gasteiger partial charge is 0.292 e. The monoisotopic (exact) mass is 298 g/mol. The van der Waals surface area contributed by atoms with Gasteiger partial charge in [0.05, 0.1) is 0 Å². The summed E-state index contributed by atoms with van der Waals surface area (Å²) in [4.78, 5) is 20.5. The lowest BCUT2D eigenvalue weighted by molar-refractivity contribution is 0.0980. The van der Waals surface area contributed by atoms with Crippen LogP contribution in [0.25, 0.3) is 10.6 Å². The Bertz CT molecular complexity index is 672. The van der Waals surface area contributed by atoms with E-state index in [9.17, 15) is 4.79 Å². The van der Waals surface area contributed by atoms with Crippen LogP contribution in [0.2, 0.25) is 0 Å². The molecule has 2 rings (SSSR count). The van der Waals surface area contributed by atoms with Gasteiger partial charge in [-0.1, -0.05) is 5.92 Å². The molecule has 3 nitrogen and oxygen atoms in total. The highest BCUT2D eigenvalue weighted by molar-refractivity contribution is 7.13. The van der Waals surface area contributed by atoms with Crippen LogP contribution >= 0.6 is 11.3 Å². The molecule has 0 aromatic carbocycles. The quantitative estimate of drug-likeness (QED) is 0.627. The van der Waals surface area contributed by atoms with Gasteiger partial charge < -0.3 is 0 Å². The van der Waals surface area contributed by atoms with E-state index in [-0.39, 0.29) is 11.2 Å². The van der Waals surface area contributed by atoms with Gasteiger partial charge in [-0.25, -0.2) is 4.98 Å². The highest BCUT2D eigenvalue weighted by Gasteiger charge is 2.11. The van der Waals surface area contributed by atoms with Crippen molar-refractivity contribution in [3.05, 3.63) is 35.6 Å². The fourth-order valence-corrected chi connectivity index (χ4v) is 2.49. The first-order chi connectivity index (χ1) is 9.96. The minimum absolute atomic E-state index is 0.0157. The van der Waals surface area contributed by atoms with Gasteiger partial charge in [0.1, 0.15) is 10.7 Å². The van der Waals surface area contributed by atoms with Crippen LogP contribution in [0, 0.1) is 17.3 Å². The first kappa shape index (κ1) is 15.4. The van der Waals surface area contributed by atoms with E-state index in [0.29, 0.717) is 18.5 Å². The Morgan fingerprint density at radius 2 is 2.00 bits per heavy atom. The van der Waals surface area contributed by atoms with E-state index in [0.717, 1.165) is 10.6 Å². The lowest BCUT2D eigenvalue weighted by Crippen LogP contribution is -2.01. The second kappa shape index (κ2) is 6.64. The van der Waals surface area contributed by atoms with Crippen LogP contribution in [0.4, 0.5) is 0 Å². The summed E-state index contributed by atoms with van der Waals surface area (Å²) in [5, 5.41) is 2.66. The minimum Gasteiger partial charge on any atom is -0.292 e. The number of aromatic nitrogens is 2. The van der Waals surface area contributed by atoms with Gasteiger partial charge in [0.25, 0.3) is 0 Å². The van der Waals surface area contributed by atoms with Gasteiger partial charge in [0.2, 0.25) is 0 Å². The van der Waals surface area contributed by atoms with Gasteiger partial charge in [-0.05, 0) is 32.9 Å². The summed E-state index contributed by atoms with van der Waals surface area (Å²) in [6, 6.07) is 3.78. The minimum atomic E-state index is -0.0157. The number of thiazole rings is 1. The second-order valence-electron chi connectivity index (χ2n) is 5.75. The molecule has 0 bridgehead atoms. The van der Waals surface area contributed by atoms with Crippen molar-refractivity contribution >= 4 is 17.1 Å². The number of Topliss-reactive ketones (excluding diaryl/α,β-unsaturated/α-hetero) is 1. The summed E-state index contributed by atoms with van der Waals surface area (Å²) in [7, 11) is 0. The lowest BCUT2D eigenvalue weighted by Gasteiger charge is -2.06. The maximum Gasteiger partial charge on any atom is 0.183 e. The van der Waals surface area contributed by atoms with Crippen molar-refractivity contribution in [1.29, 1.82) is 0 Å². The zero-order valence-corrected chi connectivity index (χ0v) is 13.3. The lowest BCUT2D eigenvalue weighted by atomic mass is 9.97. The number of hydrogen-bond donors (Lipinski definition) is 0. The highest BCUT2D eigenvalue weighted by atomic mass is 32.1. The molecule has 4 heteroatoms. The van der Waals surface area contributed by atoms with E-state index in [1.807, 2.05) is 17.5 Å². The van der Waals surface area contributed by atoms with Crippen molar-refractivity contribution in [2.45, 2.75) is 33.6 Å². The molecule has 0 amide bonds. The molecule has 108 valence electrons. The van der Waals surface area contributed by atoms with Gasteiger partial charge in [-0.15, -0.1) is 17.3 Å². The molecular weight excluding hydrogens is 280 g/mol. The van der Waals surface area contributed by atoms with Gasteiger partial charge >= 0.3 is 0 Å². The molecule has 0 aliphatic rings. The third kappa shape index (κ3) is 4.80. The first-order valence-corrected chi connectivity index (χ1v) is 7.73. The zero-order valence-electron chi connectivity index (χ0n) is 12.5. The molecule has 0 N–H and O–H groups in total. The Balaban J connectivity index is 1.98. The van der Waals surface area contributed by atoms with Crippen LogP contribution in [-0.2, 0) is 0 Å². The second-order valence-corrected chi connectivity index (χ2v) is 6.61. The van der Waals surface area contributed by atoms with Crippen LogP contribution in [-0.4, -0.2) is 15.8 Å². The molecule has 0 unspecified atom stereocenters. The van der Waals surface area contributed by atoms with Crippen molar-refractivity contribution in [2.75, 3.05) is 0 Å². The molecular formula is C17H18N2OS. The molecule has 0 aliphatic heterocycles. The standard InChI is InChI=1S/C17H18N2OS/c1-17(2,3)9-5-4-6-15(20)14-12-21-16(19-14)13-7-10-18-11-8-13/h7-8,10-12H,4,6H2,1-3H3. The van der Waals surface area contributed by atoms with Crippen molar-refractivity contribution in [2.24, 2.45) is 5.41 Å². The smallest absolute Gasteiger partial charge is 0.183 e. The number of rotatable bonds is 4. The molecule has 0 atom stereocenters. The Hall–Kier alpha value is -1.99. The Morgan fingerprint density at radius 1 is 1.29 bits per heavy atom. The first-order valence-electron chi connectivity index (χ1n) is 6.85. The fourth-order valence-electron chi connectivity index (χ4n) is 1.66. The number of ketones is 1. The summed E-state index contributed by atoms with van der Waals surface area (Å²) >= 11 is 1.48. The van der Waals surface area contributed by atoms with Crippen molar-refractivity contribution in [3.8, 4) is 22.4 Å². The molecule has 21 heavy (non-hydrogen) atoms. The topological polar surface area (TPSA) is 42.9 Å². The molecule has 2 heterocycles. The summed E-state index contributed by atoms with van der Waals surface area (Å²) in [6.07, 6.45) is 4.45. The average molecular weight is 298 g/mol. The van der Waals surface area contributed by atoms with E-state index < -0.39 is 0 Å². The Labute approximate surface area is 129 Å². The summed E-state index contributed by atoms with van der Waals surface area (Å²) in [5.41, 5.74) is 1.50. The van der Waals surface area contributed by atoms with Crippen LogP contribution in [0.15, 0.2) is 29.9 Å². The van der Waals surface area contributed by atoms with Gasteiger partial charge in [-0.2, -0.15) is 0 Å². The van der Waals surface area contributed by atoms with Crippen LogP contribution in [0.3, 0.4) is 0 Å². The molecule has 0 radical (unpaired) electrons. The predicted octanol–water partition coefficient (Wildman–Crippen LogP) is 4.22. The Kier molecular flexibility index (Phi) is 4.87. The molecule has 0 fully saturated rings. The van der Waals surface area contributed by atoms with E-state index in [4.69, 9.17) is 0 Å². The van der Waals surface area contributed by atoms with E-state index in [1.165, 1.54) is 11.3 Å².